The highest BCUT2D eigenvalue weighted by Crippen LogP contribution is 2.36. The maximum atomic E-state index is 11.0. The van der Waals surface area contributed by atoms with Crippen LogP contribution in [0.2, 0.25) is 5.15 Å². The average molecular weight is 380 g/mol. The summed E-state index contributed by atoms with van der Waals surface area (Å²) in [6.45, 7) is 3.50. The third-order valence-corrected chi connectivity index (χ3v) is 4.15. The number of nitriles is 1. The summed E-state index contributed by atoms with van der Waals surface area (Å²) in [6, 6.07) is 15.8. The normalized spacial score (nSPS) is 11.4. The Morgan fingerprint density at radius 1 is 1.33 bits per heavy atom. The Kier molecular flexibility index (Phi) is 5.36. The zero-order valence-corrected chi connectivity index (χ0v) is 14.8. The largest absolute Gasteiger partial charge is 0.455 e. The zero-order chi connectivity index (χ0) is 19.4. The number of aromatic nitrogens is 1. The number of aliphatic hydroxyl groups is 1. The van der Waals surface area contributed by atoms with Gasteiger partial charge >= 0.3 is 0 Å². The fourth-order valence-corrected chi connectivity index (χ4v) is 2.76. The van der Waals surface area contributed by atoms with Gasteiger partial charge in [-0.15, -0.1) is 0 Å². The summed E-state index contributed by atoms with van der Waals surface area (Å²) in [7, 11) is 0. The predicted octanol–water partition coefficient (Wildman–Crippen LogP) is 4.36. The summed E-state index contributed by atoms with van der Waals surface area (Å²) in [5.41, 5.74) is 1.13. The van der Waals surface area contributed by atoms with Gasteiger partial charge in [0.25, 0.3) is 0 Å². The van der Waals surface area contributed by atoms with Crippen molar-refractivity contribution in [3.05, 3.63) is 71.4 Å². The van der Waals surface area contributed by atoms with Crippen LogP contribution in [-0.2, 0) is 4.79 Å². The molecule has 0 saturated carbocycles. The number of pyridine rings is 1. The minimum absolute atomic E-state index is 0.0479. The maximum absolute atomic E-state index is 11.0. The van der Waals surface area contributed by atoms with Crippen molar-refractivity contribution < 1.29 is 14.6 Å². The van der Waals surface area contributed by atoms with Crippen molar-refractivity contribution in [3.63, 3.8) is 0 Å². The quantitative estimate of drug-likeness (QED) is 0.377. The molecule has 0 aliphatic heterocycles. The van der Waals surface area contributed by atoms with Crippen LogP contribution in [0, 0.1) is 11.3 Å². The minimum atomic E-state index is -1.26. The molecular formula is C20H14ClN3O3. The molecule has 1 heterocycles. The molecule has 1 aromatic heterocycles. The van der Waals surface area contributed by atoms with Crippen LogP contribution < -0.4 is 10.1 Å². The van der Waals surface area contributed by atoms with Gasteiger partial charge in [-0.1, -0.05) is 36.4 Å². The van der Waals surface area contributed by atoms with Crippen molar-refractivity contribution in [1.82, 2.24) is 4.98 Å². The Labute approximate surface area is 160 Å². The van der Waals surface area contributed by atoms with Crippen LogP contribution in [0.1, 0.15) is 11.7 Å². The summed E-state index contributed by atoms with van der Waals surface area (Å²) >= 11 is 6.18. The van der Waals surface area contributed by atoms with Crippen LogP contribution in [0.3, 0.4) is 0 Å². The lowest BCUT2D eigenvalue weighted by molar-refractivity contribution is -0.105. The topological polar surface area (TPSA) is 95.2 Å². The van der Waals surface area contributed by atoms with Crippen molar-refractivity contribution in [1.29, 1.82) is 5.26 Å². The van der Waals surface area contributed by atoms with E-state index in [1.165, 1.54) is 0 Å². The van der Waals surface area contributed by atoms with Gasteiger partial charge in [0.2, 0.25) is 6.41 Å². The lowest BCUT2D eigenvalue weighted by atomic mass is 10.0. The number of nitrogens with zero attached hydrogens (tertiary/aromatic N) is 2. The van der Waals surface area contributed by atoms with Crippen LogP contribution in [-0.4, -0.2) is 16.5 Å². The Bertz CT molecular complexity index is 1060. The molecule has 2 N–H and O–H groups in total. The summed E-state index contributed by atoms with van der Waals surface area (Å²) in [5, 5.41) is 22.4. The number of rotatable bonds is 6. The summed E-state index contributed by atoms with van der Waals surface area (Å²) in [4.78, 5) is 15.3. The van der Waals surface area contributed by atoms with E-state index >= 15 is 0 Å². The van der Waals surface area contributed by atoms with Crippen molar-refractivity contribution >= 4 is 34.6 Å². The van der Waals surface area contributed by atoms with Crippen LogP contribution in [0.4, 0.5) is 5.69 Å². The molecule has 0 fully saturated rings. The molecule has 2 aromatic carbocycles. The number of benzene rings is 2. The van der Waals surface area contributed by atoms with Gasteiger partial charge in [-0.05, 0) is 24.3 Å². The molecule has 0 spiro atoms. The highest BCUT2D eigenvalue weighted by molar-refractivity contribution is 6.30. The molecule has 0 radical (unpaired) electrons. The van der Waals surface area contributed by atoms with Gasteiger partial charge in [-0.3, -0.25) is 4.79 Å². The number of para-hydroxylation sites is 1. The van der Waals surface area contributed by atoms with Gasteiger partial charge in [0.15, 0.2) is 5.75 Å². The molecule has 3 rings (SSSR count). The third kappa shape index (κ3) is 3.90. The van der Waals surface area contributed by atoms with E-state index in [-0.39, 0.29) is 16.3 Å². The van der Waals surface area contributed by atoms with Crippen molar-refractivity contribution in [2.24, 2.45) is 0 Å². The number of carbonyl (C=O) groups excluding carboxylic acids is 1. The Morgan fingerprint density at radius 3 is 2.74 bits per heavy atom. The van der Waals surface area contributed by atoms with Crippen LogP contribution in [0.25, 0.3) is 10.9 Å². The van der Waals surface area contributed by atoms with Crippen molar-refractivity contribution in [2.45, 2.75) is 6.10 Å². The molecule has 6 nitrogen and oxygen atoms in total. The number of anilines is 1. The Hall–Kier alpha value is -3.40. The predicted molar refractivity (Wildman–Crippen MR) is 103 cm³/mol. The van der Waals surface area contributed by atoms with E-state index in [1.807, 2.05) is 18.2 Å². The lowest BCUT2D eigenvalue weighted by Gasteiger charge is -2.15. The molecular weight excluding hydrogens is 366 g/mol. The molecule has 0 aliphatic rings. The number of aliphatic hydroxyl groups excluding tert-OH is 1. The second kappa shape index (κ2) is 7.87. The van der Waals surface area contributed by atoms with Gasteiger partial charge in [-0.25, -0.2) is 4.98 Å². The van der Waals surface area contributed by atoms with Crippen molar-refractivity contribution in [2.75, 3.05) is 5.32 Å². The number of fused-ring (bicyclic) bond motifs is 1. The number of halogens is 1. The number of hydrogen-bond acceptors (Lipinski definition) is 5. The van der Waals surface area contributed by atoms with Gasteiger partial charge in [0, 0.05) is 17.0 Å². The van der Waals surface area contributed by atoms with E-state index in [2.05, 4.69) is 16.9 Å². The maximum Gasteiger partial charge on any atom is 0.211 e. The van der Waals surface area contributed by atoms with E-state index in [1.54, 1.807) is 36.4 Å². The first kappa shape index (κ1) is 18.4. The molecule has 134 valence electrons. The second-order valence-corrected chi connectivity index (χ2v) is 5.98. The number of carbonyl (C=O) groups is 1. The molecule has 0 aliphatic carbocycles. The van der Waals surface area contributed by atoms with Gasteiger partial charge < -0.3 is 15.2 Å². The van der Waals surface area contributed by atoms with Gasteiger partial charge in [0.1, 0.15) is 17.0 Å². The first-order chi connectivity index (χ1) is 13.0. The molecule has 3 aromatic rings. The first-order valence-corrected chi connectivity index (χ1v) is 8.25. The van der Waals surface area contributed by atoms with Crippen molar-refractivity contribution in [3.8, 4) is 17.6 Å². The molecule has 0 bridgehead atoms. The van der Waals surface area contributed by atoms with Gasteiger partial charge in [-0.2, -0.15) is 5.26 Å². The molecule has 1 unspecified atom stereocenters. The van der Waals surface area contributed by atoms with E-state index in [9.17, 15) is 9.90 Å². The van der Waals surface area contributed by atoms with E-state index < -0.39 is 6.10 Å². The lowest BCUT2D eigenvalue weighted by Crippen LogP contribution is -2.03. The van der Waals surface area contributed by atoms with Gasteiger partial charge in [0.05, 0.1) is 22.8 Å². The molecule has 7 heteroatoms. The number of ether oxygens (including phenoxy) is 1. The first-order valence-electron chi connectivity index (χ1n) is 7.87. The Morgan fingerprint density at radius 2 is 2.07 bits per heavy atom. The highest BCUT2D eigenvalue weighted by Gasteiger charge is 2.18. The smallest absolute Gasteiger partial charge is 0.211 e. The fourth-order valence-electron chi connectivity index (χ4n) is 2.51. The summed E-state index contributed by atoms with van der Waals surface area (Å²) in [5.74, 6) is 0.980. The molecule has 0 saturated heterocycles. The zero-order valence-electron chi connectivity index (χ0n) is 14.0. The molecule has 1 atom stereocenters. The molecule has 1 amide bonds. The third-order valence-electron chi connectivity index (χ3n) is 3.85. The van der Waals surface area contributed by atoms with E-state index in [0.29, 0.717) is 34.5 Å². The van der Waals surface area contributed by atoms with E-state index in [4.69, 9.17) is 21.6 Å². The molecule has 27 heavy (non-hydrogen) atoms. The van der Waals surface area contributed by atoms with Crippen LogP contribution in [0.15, 0.2) is 60.7 Å². The van der Waals surface area contributed by atoms with Crippen LogP contribution >= 0.6 is 11.6 Å². The summed E-state index contributed by atoms with van der Waals surface area (Å²) < 4.78 is 5.83. The minimum Gasteiger partial charge on any atom is -0.455 e. The summed E-state index contributed by atoms with van der Waals surface area (Å²) in [6.07, 6.45) is -0.725. The van der Waals surface area contributed by atoms with Crippen LogP contribution in [0.5, 0.6) is 11.5 Å². The Balaban J connectivity index is 2.11. The highest BCUT2D eigenvalue weighted by atomic mass is 35.5. The average Bonchev–Trinajstić information content (AvgIpc) is 2.68. The second-order valence-electron chi connectivity index (χ2n) is 5.63. The van der Waals surface area contributed by atoms with E-state index in [0.717, 1.165) is 0 Å². The standard InChI is InChI=1S/C20H14ClN3O3/c1-12(10-22)19(26)15-7-13-8-17(23-11-25)18(9-16(13)24-20(15)21)27-14-5-3-2-4-6-14/h2-9,11,19,26H,1H2,(H,23,25). The number of amides is 1. The number of nitrogens with one attached hydrogen (secondary N) is 1. The monoisotopic (exact) mass is 379 g/mol. The SMILES string of the molecule is C=C(C#N)C(O)c1cc2cc(NC=O)c(Oc3ccccc3)cc2nc1Cl. The number of hydrogen-bond donors (Lipinski definition) is 2. The fraction of sp³-hybridized carbons (Fsp3) is 0.0500.